The van der Waals surface area contributed by atoms with E-state index in [4.69, 9.17) is 4.74 Å². The molecule has 0 spiro atoms. The molecule has 8 heteroatoms. The Morgan fingerprint density at radius 3 is 2.75 bits per heavy atom. The summed E-state index contributed by atoms with van der Waals surface area (Å²) in [6, 6.07) is 0. The van der Waals surface area contributed by atoms with Gasteiger partial charge in [0.05, 0.1) is 6.10 Å². The van der Waals surface area contributed by atoms with E-state index in [9.17, 15) is 14.4 Å². The van der Waals surface area contributed by atoms with Crippen LogP contribution in [0.4, 0.5) is 0 Å². The predicted octanol–water partition coefficient (Wildman–Crippen LogP) is -0.599. The summed E-state index contributed by atoms with van der Waals surface area (Å²) in [6.07, 6.45) is 4.43. The lowest BCUT2D eigenvalue weighted by Gasteiger charge is -2.26. The van der Waals surface area contributed by atoms with Gasteiger partial charge in [0, 0.05) is 39.5 Å². The van der Waals surface area contributed by atoms with Crippen molar-refractivity contribution >= 4 is 5.91 Å². The van der Waals surface area contributed by atoms with Crippen molar-refractivity contribution in [3.8, 4) is 0 Å². The number of hydrogen-bond acceptors (Lipinski definition) is 5. The van der Waals surface area contributed by atoms with E-state index >= 15 is 0 Å². The molecule has 0 aliphatic carbocycles. The number of carbonyl (C=O) groups excluding carboxylic acids is 1. The first-order chi connectivity index (χ1) is 11.5. The van der Waals surface area contributed by atoms with Gasteiger partial charge in [-0.1, -0.05) is 0 Å². The van der Waals surface area contributed by atoms with Crippen LogP contribution in [0, 0.1) is 0 Å². The highest BCUT2D eigenvalue weighted by Gasteiger charge is 2.27. The largest absolute Gasteiger partial charge is 0.375 e. The van der Waals surface area contributed by atoms with Crippen molar-refractivity contribution < 1.29 is 9.53 Å². The third-order valence-electron chi connectivity index (χ3n) is 4.64. The first-order valence-electron chi connectivity index (χ1n) is 8.48. The van der Waals surface area contributed by atoms with Gasteiger partial charge in [0.1, 0.15) is 5.56 Å². The molecular formula is C16H24N4O4. The molecule has 1 atom stereocenters. The van der Waals surface area contributed by atoms with Crippen LogP contribution >= 0.6 is 0 Å². The first kappa shape index (κ1) is 16.9. The molecule has 1 aromatic rings. The Balaban J connectivity index is 1.74. The quantitative estimate of drug-likeness (QED) is 0.796. The van der Waals surface area contributed by atoms with Crippen molar-refractivity contribution in [2.45, 2.75) is 25.4 Å². The Morgan fingerprint density at radius 2 is 2.00 bits per heavy atom. The van der Waals surface area contributed by atoms with Gasteiger partial charge in [0.25, 0.3) is 11.5 Å². The Hall–Kier alpha value is -1.93. The van der Waals surface area contributed by atoms with Gasteiger partial charge >= 0.3 is 5.69 Å². The molecule has 24 heavy (non-hydrogen) atoms. The standard InChI is InChI=1S/C16H24N4O4/c1-18-11-13(14(21)17-16(18)23)15(22)20-7-4-8-24-12(10-20)9-19-5-2-3-6-19/h11-12H,2-10H2,1H3,(H,17,21,23)/t12-/m1/s1. The second kappa shape index (κ2) is 7.31. The van der Waals surface area contributed by atoms with Crippen LogP contribution in [0.1, 0.15) is 29.6 Å². The fourth-order valence-corrected chi connectivity index (χ4v) is 3.33. The lowest BCUT2D eigenvalue weighted by atomic mass is 10.2. The Bertz CT molecular complexity index is 705. The lowest BCUT2D eigenvalue weighted by Crippen LogP contribution is -2.44. The maximum atomic E-state index is 12.7. The number of aromatic nitrogens is 2. The van der Waals surface area contributed by atoms with Gasteiger partial charge in [0.15, 0.2) is 0 Å². The number of rotatable bonds is 3. The van der Waals surface area contributed by atoms with Crippen LogP contribution in [0.25, 0.3) is 0 Å². The van der Waals surface area contributed by atoms with E-state index in [1.54, 1.807) is 4.90 Å². The highest BCUT2D eigenvalue weighted by Crippen LogP contribution is 2.13. The monoisotopic (exact) mass is 336 g/mol. The SMILES string of the molecule is Cn1cc(C(=O)N2CCCO[C@H](CN3CCCC3)C2)c(=O)[nH]c1=O. The van der Waals surface area contributed by atoms with Crippen LogP contribution < -0.4 is 11.2 Å². The number of likely N-dealkylation sites (tertiary alicyclic amines) is 1. The van der Waals surface area contributed by atoms with Crippen molar-refractivity contribution in [2.75, 3.05) is 39.3 Å². The van der Waals surface area contributed by atoms with Crippen molar-refractivity contribution in [2.24, 2.45) is 7.05 Å². The molecule has 3 heterocycles. The molecule has 1 aromatic heterocycles. The molecule has 132 valence electrons. The van der Waals surface area contributed by atoms with Crippen LogP contribution in [-0.2, 0) is 11.8 Å². The second-order valence-electron chi connectivity index (χ2n) is 6.52. The molecule has 0 bridgehead atoms. The number of ether oxygens (including phenoxy) is 1. The van der Waals surface area contributed by atoms with Crippen LogP contribution in [0.5, 0.6) is 0 Å². The maximum absolute atomic E-state index is 12.7. The predicted molar refractivity (Wildman–Crippen MR) is 88.2 cm³/mol. The van der Waals surface area contributed by atoms with E-state index < -0.39 is 11.2 Å². The fraction of sp³-hybridized carbons (Fsp3) is 0.688. The van der Waals surface area contributed by atoms with E-state index in [1.165, 1.54) is 30.7 Å². The summed E-state index contributed by atoms with van der Waals surface area (Å²) in [4.78, 5) is 42.4. The molecule has 1 amide bonds. The number of H-pyrrole nitrogens is 1. The fourth-order valence-electron chi connectivity index (χ4n) is 3.33. The van der Waals surface area contributed by atoms with Crippen molar-refractivity contribution in [1.29, 1.82) is 0 Å². The first-order valence-corrected chi connectivity index (χ1v) is 8.48. The molecule has 0 unspecified atom stereocenters. The Kier molecular flexibility index (Phi) is 5.15. The smallest absolute Gasteiger partial charge is 0.328 e. The molecule has 1 N–H and O–H groups in total. The van der Waals surface area contributed by atoms with Crippen LogP contribution in [0.2, 0.25) is 0 Å². The molecule has 2 fully saturated rings. The van der Waals surface area contributed by atoms with E-state index in [2.05, 4.69) is 9.88 Å². The van der Waals surface area contributed by atoms with Gasteiger partial charge < -0.3 is 19.1 Å². The Morgan fingerprint density at radius 1 is 1.25 bits per heavy atom. The minimum atomic E-state index is -0.635. The summed E-state index contributed by atoms with van der Waals surface area (Å²) in [6.45, 7) is 4.61. The number of hydrogen-bond donors (Lipinski definition) is 1. The summed E-state index contributed by atoms with van der Waals surface area (Å²) in [5.41, 5.74) is -1.16. The number of nitrogens with one attached hydrogen (secondary N) is 1. The average molecular weight is 336 g/mol. The van der Waals surface area contributed by atoms with E-state index in [-0.39, 0.29) is 17.6 Å². The minimum absolute atomic E-state index is 0.000998. The zero-order valence-electron chi connectivity index (χ0n) is 14.0. The van der Waals surface area contributed by atoms with Crippen LogP contribution in [0.15, 0.2) is 15.8 Å². The number of amides is 1. The highest BCUT2D eigenvalue weighted by molar-refractivity contribution is 5.93. The highest BCUT2D eigenvalue weighted by atomic mass is 16.5. The molecule has 0 radical (unpaired) electrons. The van der Waals surface area contributed by atoms with Gasteiger partial charge in [0.2, 0.25) is 0 Å². The topological polar surface area (TPSA) is 87.6 Å². The van der Waals surface area contributed by atoms with Crippen LogP contribution in [0.3, 0.4) is 0 Å². The third kappa shape index (κ3) is 3.76. The summed E-state index contributed by atoms with van der Waals surface area (Å²) in [5.74, 6) is -0.344. The van der Waals surface area contributed by atoms with Crippen molar-refractivity contribution in [3.05, 3.63) is 32.6 Å². The number of nitrogens with zero attached hydrogens (tertiary/aromatic N) is 3. The molecule has 2 saturated heterocycles. The second-order valence-corrected chi connectivity index (χ2v) is 6.52. The summed E-state index contributed by atoms with van der Waals surface area (Å²) >= 11 is 0. The summed E-state index contributed by atoms with van der Waals surface area (Å²) < 4.78 is 7.09. The molecular weight excluding hydrogens is 312 g/mol. The third-order valence-corrected chi connectivity index (χ3v) is 4.64. The average Bonchev–Trinajstić information content (AvgIpc) is 2.94. The zero-order valence-corrected chi connectivity index (χ0v) is 14.0. The maximum Gasteiger partial charge on any atom is 0.328 e. The molecule has 2 aliphatic rings. The van der Waals surface area contributed by atoms with Gasteiger partial charge in [-0.2, -0.15) is 0 Å². The van der Waals surface area contributed by atoms with E-state index in [0.717, 1.165) is 26.1 Å². The van der Waals surface area contributed by atoms with Gasteiger partial charge in [-0.3, -0.25) is 14.6 Å². The summed E-state index contributed by atoms with van der Waals surface area (Å²) in [7, 11) is 1.51. The van der Waals surface area contributed by atoms with Crippen LogP contribution in [-0.4, -0.2) is 70.7 Å². The molecule has 0 aromatic carbocycles. The minimum Gasteiger partial charge on any atom is -0.375 e. The normalized spacial score (nSPS) is 22.5. The number of aryl methyl sites for hydroxylation is 1. The van der Waals surface area contributed by atoms with Crippen molar-refractivity contribution in [3.63, 3.8) is 0 Å². The zero-order chi connectivity index (χ0) is 17.1. The van der Waals surface area contributed by atoms with Gasteiger partial charge in [-0.05, 0) is 32.4 Å². The van der Waals surface area contributed by atoms with Gasteiger partial charge in [-0.15, -0.1) is 0 Å². The lowest BCUT2D eigenvalue weighted by molar-refractivity contribution is 0.0297. The number of aromatic amines is 1. The molecule has 2 aliphatic heterocycles. The molecule has 8 nitrogen and oxygen atoms in total. The molecule has 0 saturated carbocycles. The van der Waals surface area contributed by atoms with Crippen molar-refractivity contribution in [1.82, 2.24) is 19.4 Å². The Labute approximate surface area is 140 Å². The van der Waals surface area contributed by atoms with Gasteiger partial charge in [-0.25, -0.2) is 4.79 Å². The molecule has 3 rings (SSSR count). The summed E-state index contributed by atoms with van der Waals surface area (Å²) in [5, 5.41) is 0. The number of carbonyl (C=O) groups is 1. The van der Waals surface area contributed by atoms with E-state index in [1.807, 2.05) is 0 Å². The van der Waals surface area contributed by atoms with E-state index in [0.29, 0.717) is 19.7 Å².